The summed E-state index contributed by atoms with van der Waals surface area (Å²) in [7, 11) is 0. The zero-order valence-electron chi connectivity index (χ0n) is 14.9. The van der Waals surface area contributed by atoms with Crippen molar-refractivity contribution in [3.05, 3.63) is 59.7 Å². The molecule has 25 heavy (non-hydrogen) atoms. The number of ether oxygens (including phenoxy) is 2. The van der Waals surface area contributed by atoms with Gasteiger partial charge in [0, 0.05) is 5.92 Å². The van der Waals surface area contributed by atoms with Gasteiger partial charge in [0.2, 0.25) is 0 Å². The third kappa shape index (κ3) is 3.13. The molecule has 2 aliphatic rings. The van der Waals surface area contributed by atoms with E-state index in [1.54, 1.807) is 6.07 Å². The van der Waals surface area contributed by atoms with Crippen LogP contribution in [0.3, 0.4) is 0 Å². The summed E-state index contributed by atoms with van der Waals surface area (Å²) in [6, 6.07) is 16.1. The Kier molecular flexibility index (Phi) is 4.20. The molecule has 0 bridgehead atoms. The standard InChI is InChI=1S/C22H26O3/c1-22(2)17-14-13-16(12-11-15-7-4-3-5-8-15)24-21(17)20-18(23)9-6-10-19(20)25-22/h3-10,16-17,21,23H,11-14H2,1-2H3/t16-,17-,21-/m0/s1. The van der Waals surface area contributed by atoms with Gasteiger partial charge in [-0.2, -0.15) is 0 Å². The second-order valence-electron chi connectivity index (χ2n) is 7.78. The maximum Gasteiger partial charge on any atom is 0.129 e. The predicted molar refractivity (Wildman–Crippen MR) is 97.9 cm³/mol. The van der Waals surface area contributed by atoms with E-state index in [-0.39, 0.29) is 29.5 Å². The summed E-state index contributed by atoms with van der Waals surface area (Å²) >= 11 is 0. The average molecular weight is 338 g/mol. The molecule has 2 aromatic carbocycles. The van der Waals surface area contributed by atoms with Gasteiger partial charge in [0.15, 0.2) is 0 Å². The van der Waals surface area contributed by atoms with Crippen LogP contribution in [0.15, 0.2) is 48.5 Å². The van der Waals surface area contributed by atoms with Crippen molar-refractivity contribution in [1.29, 1.82) is 0 Å². The first-order valence-electron chi connectivity index (χ1n) is 9.25. The number of aromatic hydroxyl groups is 1. The molecule has 132 valence electrons. The fourth-order valence-corrected chi connectivity index (χ4v) is 4.32. The molecule has 0 aliphatic carbocycles. The molecule has 4 rings (SSSR count). The van der Waals surface area contributed by atoms with Crippen LogP contribution in [0.2, 0.25) is 0 Å². The summed E-state index contributed by atoms with van der Waals surface area (Å²) in [4.78, 5) is 0. The first-order valence-corrected chi connectivity index (χ1v) is 9.25. The Morgan fingerprint density at radius 1 is 1.04 bits per heavy atom. The van der Waals surface area contributed by atoms with E-state index >= 15 is 0 Å². The summed E-state index contributed by atoms with van der Waals surface area (Å²) < 4.78 is 12.7. The topological polar surface area (TPSA) is 38.7 Å². The molecule has 0 saturated carbocycles. The molecule has 0 aromatic heterocycles. The Morgan fingerprint density at radius 2 is 1.84 bits per heavy atom. The van der Waals surface area contributed by atoms with Crippen LogP contribution >= 0.6 is 0 Å². The fraction of sp³-hybridized carbons (Fsp3) is 0.455. The van der Waals surface area contributed by atoms with Crippen LogP contribution in [0.5, 0.6) is 11.5 Å². The summed E-state index contributed by atoms with van der Waals surface area (Å²) in [5.41, 5.74) is 1.90. The van der Waals surface area contributed by atoms with Crippen molar-refractivity contribution >= 4 is 0 Å². The van der Waals surface area contributed by atoms with Gasteiger partial charge < -0.3 is 14.6 Å². The molecule has 0 spiro atoms. The largest absolute Gasteiger partial charge is 0.507 e. The van der Waals surface area contributed by atoms with E-state index in [1.807, 2.05) is 12.1 Å². The minimum absolute atomic E-state index is 0.0885. The van der Waals surface area contributed by atoms with E-state index in [0.717, 1.165) is 37.0 Å². The lowest BCUT2D eigenvalue weighted by atomic mass is 9.74. The first-order chi connectivity index (χ1) is 12.0. The zero-order valence-corrected chi connectivity index (χ0v) is 14.9. The highest BCUT2D eigenvalue weighted by Crippen LogP contribution is 2.53. The molecule has 0 unspecified atom stereocenters. The van der Waals surface area contributed by atoms with E-state index < -0.39 is 0 Å². The van der Waals surface area contributed by atoms with Crippen LogP contribution in [0, 0.1) is 5.92 Å². The quantitative estimate of drug-likeness (QED) is 0.853. The molecule has 2 aliphatic heterocycles. The van der Waals surface area contributed by atoms with Gasteiger partial charge in [0.25, 0.3) is 0 Å². The zero-order chi connectivity index (χ0) is 17.4. The van der Waals surface area contributed by atoms with Crippen LogP contribution in [0.4, 0.5) is 0 Å². The summed E-state index contributed by atoms with van der Waals surface area (Å²) in [5.74, 6) is 1.31. The van der Waals surface area contributed by atoms with E-state index in [4.69, 9.17) is 9.47 Å². The molecule has 0 amide bonds. The number of benzene rings is 2. The highest BCUT2D eigenvalue weighted by molar-refractivity contribution is 5.48. The van der Waals surface area contributed by atoms with Crippen LogP contribution in [0.1, 0.15) is 50.3 Å². The van der Waals surface area contributed by atoms with Crippen molar-refractivity contribution in [2.24, 2.45) is 5.92 Å². The van der Waals surface area contributed by atoms with Crippen molar-refractivity contribution < 1.29 is 14.6 Å². The van der Waals surface area contributed by atoms with Crippen LogP contribution < -0.4 is 4.74 Å². The maximum absolute atomic E-state index is 10.4. The Balaban J connectivity index is 1.54. The number of phenolic OH excluding ortho intramolecular Hbond substituents is 1. The van der Waals surface area contributed by atoms with Gasteiger partial charge in [0.1, 0.15) is 17.1 Å². The van der Waals surface area contributed by atoms with Gasteiger partial charge in [0.05, 0.1) is 17.8 Å². The molecule has 0 radical (unpaired) electrons. The van der Waals surface area contributed by atoms with Gasteiger partial charge in [-0.25, -0.2) is 0 Å². The Morgan fingerprint density at radius 3 is 2.64 bits per heavy atom. The van der Waals surface area contributed by atoms with Crippen LogP contribution in [-0.2, 0) is 11.2 Å². The molecule has 3 heteroatoms. The fourth-order valence-electron chi connectivity index (χ4n) is 4.32. The number of aryl methyl sites for hydroxylation is 1. The monoisotopic (exact) mass is 338 g/mol. The minimum Gasteiger partial charge on any atom is -0.507 e. The second kappa shape index (κ2) is 6.38. The Bertz CT molecular complexity index is 738. The Labute approximate surface area is 149 Å². The number of phenols is 1. The number of hydrogen-bond donors (Lipinski definition) is 1. The SMILES string of the molecule is CC1(C)Oc2cccc(O)c2[C@H]2O[C@@H](CCc3ccccc3)CC[C@@H]21. The van der Waals surface area contributed by atoms with Gasteiger partial charge in [-0.15, -0.1) is 0 Å². The lowest BCUT2D eigenvalue weighted by Gasteiger charge is -2.48. The van der Waals surface area contributed by atoms with Crippen LogP contribution in [0.25, 0.3) is 0 Å². The van der Waals surface area contributed by atoms with Crippen molar-refractivity contribution in [1.82, 2.24) is 0 Å². The van der Waals surface area contributed by atoms with Crippen molar-refractivity contribution in [3.8, 4) is 11.5 Å². The lowest BCUT2D eigenvalue weighted by Crippen LogP contribution is -2.48. The molecule has 3 nitrogen and oxygen atoms in total. The molecule has 3 atom stereocenters. The van der Waals surface area contributed by atoms with Gasteiger partial charge in [-0.05, 0) is 57.2 Å². The van der Waals surface area contributed by atoms with E-state index in [2.05, 4.69) is 44.2 Å². The molecule has 1 fully saturated rings. The van der Waals surface area contributed by atoms with Gasteiger partial charge >= 0.3 is 0 Å². The first kappa shape index (κ1) is 16.5. The van der Waals surface area contributed by atoms with Crippen molar-refractivity contribution in [2.45, 2.75) is 57.3 Å². The second-order valence-corrected chi connectivity index (χ2v) is 7.78. The summed E-state index contributed by atoms with van der Waals surface area (Å²) in [6.07, 6.45) is 4.28. The summed E-state index contributed by atoms with van der Waals surface area (Å²) in [5, 5.41) is 10.4. The number of hydrogen-bond acceptors (Lipinski definition) is 3. The van der Waals surface area contributed by atoms with E-state index in [9.17, 15) is 5.11 Å². The predicted octanol–water partition coefficient (Wildman–Crippen LogP) is 5.03. The highest BCUT2D eigenvalue weighted by atomic mass is 16.5. The van der Waals surface area contributed by atoms with E-state index in [0.29, 0.717) is 0 Å². The van der Waals surface area contributed by atoms with Gasteiger partial charge in [-0.1, -0.05) is 36.4 Å². The maximum atomic E-state index is 10.4. The Hall–Kier alpha value is -2.00. The molecular weight excluding hydrogens is 312 g/mol. The molecule has 2 aromatic rings. The highest BCUT2D eigenvalue weighted by Gasteiger charge is 2.48. The van der Waals surface area contributed by atoms with E-state index in [1.165, 1.54) is 5.56 Å². The molecule has 2 heterocycles. The molecule has 1 N–H and O–H groups in total. The van der Waals surface area contributed by atoms with Crippen LogP contribution in [-0.4, -0.2) is 16.8 Å². The smallest absolute Gasteiger partial charge is 0.129 e. The number of rotatable bonds is 3. The van der Waals surface area contributed by atoms with Gasteiger partial charge in [-0.3, -0.25) is 0 Å². The third-order valence-corrected chi connectivity index (χ3v) is 5.70. The normalized spacial score (nSPS) is 27.0. The average Bonchev–Trinajstić information content (AvgIpc) is 2.60. The van der Waals surface area contributed by atoms with Crippen molar-refractivity contribution in [2.75, 3.05) is 0 Å². The number of fused-ring (bicyclic) bond motifs is 3. The lowest BCUT2D eigenvalue weighted by molar-refractivity contribution is -0.151. The molecular formula is C22H26O3. The molecule has 1 saturated heterocycles. The van der Waals surface area contributed by atoms with Crippen molar-refractivity contribution in [3.63, 3.8) is 0 Å². The minimum atomic E-state index is -0.282. The third-order valence-electron chi connectivity index (χ3n) is 5.70. The summed E-state index contributed by atoms with van der Waals surface area (Å²) in [6.45, 7) is 4.26.